The average Bonchev–Trinajstić information content (AvgIpc) is 2.89. The molecule has 1 amide bonds. The maximum atomic E-state index is 14.9. The number of nitrogens with zero attached hydrogens (tertiary/aromatic N) is 2. The molecule has 0 bridgehead atoms. The maximum absolute atomic E-state index is 14.9. The number of benzene rings is 2. The van der Waals surface area contributed by atoms with Gasteiger partial charge in [-0.2, -0.15) is 13.2 Å². The van der Waals surface area contributed by atoms with Crippen molar-refractivity contribution in [2.24, 2.45) is 11.3 Å². The summed E-state index contributed by atoms with van der Waals surface area (Å²) in [7, 11) is 0. The molecular weight excluding hydrogens is 512 g/mol. The van der Waals surface area contributed by atoms with Gasteiger partial charge in [0, 0.05) is 19.6 Å². The molecule has 1 atom stereocenters. The molecule has 5 nitrogen and oxygen atoms in total. The van der Waals surface area contributed by atoms with Crippen LogP contribution in [0.2, 0.25) is 0 Å². The Morgan fingerprint density at radius 3 is 2.26 bits per heavy atom. The molecule has 1 aliphatic carbocycles. The number of amides is 1. The van der Waals surface area contributed by atoms with Crippen molar-refractivity contribution in [1.29, 1.82) is 0 Å². The molecule has 39 heavy (non-hydrogen) atoms. The Morgan fingerprint density at radius 1 is 0.974 bits per heavy atom. The van der Waals surface area contributed by atoms with Crippen LogP contribution < -0.4 is 4.74 Å². The molecule has 0 aromatic heterocycles. The predicted octanol–water partition coefficient (Wildman–Crippen LogP) is 5.91. The molecule has 5 rings (SSSR count). The highest BCUT2D eigenvalue weighted by Crippen LogP contribution is 2.53. The Kier molecular flexibility index (Phi) is 8.19. The molecule has 0 radical (unpaired) electrons. The minimum Gasteiger partial charge on any atom is -0.493 e. The van der Waals surface area contributed by atoms with Crippen molar-refractivity contribution in [3.63, 3.8) is 0 Å². The van der Waals surface area contributed by atoms with Crippen LogP contribution >= 0.6 is 0 Å². The predicted molar refractivity (Wildman–Crippen MR) is 140 cm³/mol. The summed E-state index contributed by atoms with van der Waals surface area (Å²) in [6.45, 7) is 2.67. The first-order chi connectivity index (χ1) is 18.6. The largest absolute Gasteiger partial charge is 0.493 e. The van der Waals surface area contributed by atoms with E-state index in [1.807, 2.05) is 29.2 Å². The molecule has 9 heteroatoms. The normalized spacial score (nSPS) is 22.4. The van der Waals surface area contributed by atoms with E-state index in [1.165, 1.54) is 17.0 Å². The number of β-amino-alcohol motifs (C(OH)–C–C–N with tert-alkyl or cyclic N) is 1. The number of piperidine rings is 2. The van der Waals surface area contributed by atoms with Crippen molar-refractivity contribution in [1.82, 2.24) is 9.80 Å². The Bertz CT molecular complexity index is 1140. The molecule has 0 spiro atoms. The van der Waals surface area contributed by atoms with Crippen molar-refractivity contribution >= 4 is 5.91 Å². The fourth-order valence-electron chi connectivity index (χ4n) is 6.01. The Labute approximate surface area is 226 Å². The topological polar surface area (TPSA) is 53.0 Å². The van der Waals surface area contributed by atoms with Gasteiger partial charge in [0.1, 0.15) is 11.6 Å². The van der Waals surface area contributed by atoms with Crippen molar-refractivity contribution in [2.45, 2.75) is 57.2 Å². The van der Waals surface area contributed by atoms with E-state index in [1.54, 1.807) is 6.07 Å². The number of likely N-dealkylation sites (tertiary alicyclic amines) is 2. The maximum Gasteiger partial charge on any atom is 0.395 e. The van der Waals surface area contributed by atoms with E-state index in [-0.39, 0.29) is 31.5 Å². The lowest BCUT2D eigenvalue weighted by molar-refractivity contribution is -0.256. The molecule has 1 saturated carbocycles. The van der Waals surface area contributed by atoms with Gasteiger partial charge in [-0.15, -0.1) is 0 Å². The van der Waals surface area contributed by atoms with Gasteiger partial charge in [-0.25, -0.2) is 4.39 Å². The summed E-state index contributed by atoms with van der Waals surface area (Å²) in [4.78, 5) is 16.2. The molecule has 3 aliphatic rings. The lowest BCUT2D eigenvalue weighted by atomic mass is 9.67. The van der Waals surface area contributed by atoms with Crippen LogP contribution in [-0.4, -0.2) is 72.4 Å². The van der Waals surface area contributed by atoms with Crippen LogP contribution in [0.5, 0.6) is 5.75 Å². The molecule has 3 fully saturated rings. The standard InChI is InChI=1S/C30H36F4N2O3/c31-27-17-23(6-9-26(27)28(38)36-14-1-3-24(37)18-36)22-4-7-25(8-5-22)39-19-21-10-15-35(16-11-21)20-29(12-2-13-29)30(32,33)34/h4-9,17,21,24,37H,1-3,10-16,18-20H2. The van der Waals surface area contributed by atoms with Crippen LogP contribution in [0.1, 0.15) is 55.3 Å². The van der Waals surface area contributed by atoms with E-state index in [2.05, 4.69) is 0 Å². The van der Waals surface area contributed by atoms with Gasteiger partial charge in [-0.3, -0.25) is 4.79 Å². The third kappa shape index (κ3) is 6.24. The fourth-order valence-corrected chi connectivity index (χ4v) is 6.01. The van der Waals surface area contributed by atoms with Crippen molar-refractivity contribution in [2.75, 3.05) is 39.3 Å². The number of halogens is 4. The van der Waals surface area contributed by atoms with E-state index in [9.17, 15) is 27.5 Å². The number of aliphatic hydroxyl groups excluding tert-OH is 1. The monoisotopic (exact) mass is 548 g/mol. The van der Waals surface area contributed by atoms with Crippen LogP contribution in [0.25, 0.3) is 11.1 Å². The number of carbonyl (C=O) groups excluding carboxylic acids is 1. The average molecular weight is 549 g/mol. The van der Waals surface area contributed by atoms with Crippen LogP contribution in [0.15, 0.2) is 42.5 Å². The first-order valence-electron chi connectivity index (χ1n) is 13.9. The summed E-state index contributed by atoms with van der Waals surface area (Å²) < 4.78 is 61.3. The number of hydrogen-bond donors (Lipinski definition) is 1. The number of carbonyl (C=O) groups is 1. The summed E-state index contributed by atoms with van der Waals surface area (Å²) in [6, 6.07) is 11.9. The zero-order chi connectivity index (χ0) is 27.6. The van der Waals surface area contributed by atoms with E-state index < -0.39 is 29.4 Å². The van der Waals surface area contributed by atoms with Crippen LogP contribution in [-0.2, 0) is 0 Å². The van der Waals surface area contributed by atoms with Gasteiger partial charge >= 0.3 is 6.18 Å². The molecule has 1 N–H and O–H groups in total. The molecule has 2 heterocycles. The number of ether oxygens (including phenoxy) is 1. The number of aliphatic hydroxyl groups is 1. The Morgan fingerprint density at radius 2 is 1.67 bits per heavy atom. The second-order valence-corrected chi connectivity index (χ2v) is 11.4. The second kappa shape index (κ2) is 11.5. The first-order valence-corrected chi connectivity index (χ1v) is 13.9. The van der Waals surface area contributed by atoms with Gasteiger partial charge in [0.15, 0.2) is 0 Å². The molecular formula is C30H36F4N2O3. The molecule has 2 aromatic carbocycles. The van der Waals surface area contributed by atoms with Gasteiger partial charge in [0.2, 0.25) is 0 Å². The van der Waals surface area contributed by atoms with Crippen LogP contribution in [0.4, 0.5) is 17.6 Å². The third-order valence-electron chi connectivity index (χ3n) is 8.70. The van der Waals surface area contributed by atoms with Gasteiger partial charge < -0.3 is 19.6 Å². The summed E-state index contributed by atoms with van der Waals surface area (Å²) >= 11 is 0. The van der Waals surface area contributed by atoms with Gasteiger partial charge in [0.25, 0.3) is 5.91 Å². The van der Waals surface area contributed by atoms with Crippen molar-refractivity contribution in [3.8, 4) is 16.9 Å². The van der Waals surface area contributed by atoms with E-state index in [4.69, 9.17) is 4.74 Å². The first kappa shape index (κ1) is 27.9. The van der Waals surface area contributed by atoms with Gasteiger partial charge in [0.05, 0.1) is 23.7 Å². The summed E-state index contributed by atoms with van der Waals surface area (Å²) in [5, 5.41) is 9.82. The zero-order valence-electron chi connectivity index (χ0n) is 22.1. The fraction of sp³-hybridized carbons (Fsp3) is 0.567. The second-order valence-electron chi connectivity index (χ2n) is 11.4. The van der Waals surface area contributed by atoms with Gasteiger partial charge in [-0.1, -0.05) is 24.6 Å². The third-order valence-corrected chi connectivity index (χ3v) is 8.70. The molecule has 1 unspecified atom stereocenters. The van der Waals surface area contributed by atoms with Crippen LogP contribution in [0.3, 0.4) is 0 Å². The number of alkyl halides is 3. The SMILES string of the molecule is O=C(c1ccc(-c2ccc(OCC3CCN(CC4(C(F)(F)F)CCC4)CC3)cc2)cc1F)N1CCCC(O)C1. The van der Waals surface area contributed by atoms with E-state index in [0.717, 1.165) is 18.4 Å². The minimum absolute atomic E-state index is 0.000105. The number of rotatable bonds is 7. The Balaban J connectivity index is 1.11. The lowest BCUT2D eigenvalue weighted by Crippen LogP contribution is -2.53. The quantitative estimate of drug-likeness (QED) is 0.437. The smallest absolute Gasteiger partial charge is 0.395 e. The van der Waals surface area contributed by atoms with Crippen molar-refractivity contribution in [3.05, 3.63) is 53.8 Å². The van der Waals surface area contributed by atoms with E-state index in [0.29, 0.717) is 62.7 Å². The molecule has 2 aromatic rings. The summed E-state index contributed by atoms with van der Waals surface area (Å²) in [5.41, 5.74) is -0.0744. The molecule has 212 valence electrons. The minimum atomic E-state index is -4.12. The number of hydrogen-bond acceptors (Lipinski definition) is 4. The van der Waals surface area contributed by atoms with Gasteiger partial charge in [-0.05, 0) is 92.9 Å². The van der Waals surface area contributed by atoms with Crippen LogP contribution in [0, 0.1) is 17.2 Å². The highest BCUT2D eigenvalue weighted by Gasteiger charge is 2.58. The highest BCUT2D eigenvalue weighted by molar-refractivity contribution is 5.95. The van der Waals surface area contributed by atoms with E-state index >= 15 is 0 Å². The Hall–Kier alpha value is -2.65. The van der Waals surface area contributed by atoms with Crippen molar-refractivity contribution < 1.29 is 32.2 Å². The lowest BCUT2D eigenvalue weighted by Gasteiger charge is -2.47. The highest BCUT2D eigenvalue weighted by atomic mass is 19.4. The zero-order valence-corrected chi connectivity index (χ0v) is 22.1. The molecule has 2 aliphatic heterocycles. The molecule has 2 saturated heterocycles. The summed E-state index contributed by atoms with van der Waals surface area (Å²) in [6.07, 6.45) is -0.574. The summed E-state index contributed by atoms with van der Waals surface area (Å²) in [5.74, 6) is -0.0232.